The number of aliphatic hydroxyl groups excluding tert-OH is 1. The molecule has 4 N–H and O–H groups in total. The highest BCUT2D eigenvalue weighted by Crippen LogP contribution is 2.44. The van der Waals surface area contributed by atoms with Crippen LogP contribution in [-0.4, -0.2) is 15.6 Å². The van der Waals surface area contributed by atoms with Crippen molar-refractivity contribution in [2.75, 3.05) is 0 Å². The number of para-hydroxylation sites is 1. The van der Waals surface area contributed by atoms with Crippen LogP contribution in [0.1, 0.15) is 24.5 Å². The molecule has 0 radical (unpaired) electrons. The minimum atomic E-state index is -0.548. The molecule has 3 nitrogen and oxygen atoms in total. The van der Waals surface area contributed by atoms with E-state index in [2.05, 4.69) is 4.98 Å². The Labute approximate surface area is 87.9 Å². The normalized spacial score (nSPS) is 20.4. The second-order valence-corrected chi connectivity index (χ2v) is 4.43. The fraction of sp³-hybridized carbons (Fsp3) is 0.333. The zero-order chi connectivity index (χ0) is 10.5. The Hall–Kier alpha value is -1.32. The molecule has 0 spiro atoms. The predicted octanol–water partition coefficient (Wildman–Crippen LogP) is 1.69. The standard InChI is InChI=1S/C12H14N2O/c13-12(5-6-12)11(15)9-7-14-10-4-2-1-3-8(9)10/h1-4,7,11,14-15H,5-6,13H2. The van der Waals surface area contributed by atoms with E-state index < -0.39 is 6.10 Å². The maximum atomic E-state index is 10.2. The van der Waals surface area contributed by atoms with Crippen LogP contribution in [0.15, 0.2) is 30.5 Å². The summed E-state index contributed by atoms with van der Waals surface area (Å²) in [6, 6.07) is 7.96. The average molecular weight is 202 g/mol. The first-order valence-corrected chi connectivity index (χ1v) is 5.24. The second-order valence-electron chi connectivity index (χ2n) is 4.43. The summed E-state index contributed by atoms with van der Waals surface area (Å²) in [4.78, 5) is 3.15. The largest absolute Gasteiger partial charge is 0.386 e. The van der Waals surface area contributed by atoms with Crippen molar-refractivity contribution in [2.24, 2.45) is 5.73 Å². The number of aliphatic hydroxyl groups is 1. The number of aromatic amines is 1. The molecule has 1 unspecified atom stereocenters. The van der Waals surface area contributed by atoms with Crippen molar-refractivity contribution >= 4 is 10.9 Å². The summed E-state index contributed by atoms with van der Waals surface area (Å²) in [6.45, 7) is 0. The van der Waals surface area contributed by atoms with Crippen molar-refractivity contribution in [3.05, 3.63) is 36.0 Å². The van der Waals surface area contributed by atoms with Crippen molar-refractivity contribution in [3.63, 3.8) is 0 Å². The molecule has 15 heavy (non-hydrogen) atoms. The van der Waals surface area contributed by atoms with Gasteiger partial charge >= 0.3 is 0 Å². The molecular weight excluding hydrogens is 188 g/mol. The molecule has 3 rings (SSSR count). The van der Waals surface area contributed by atoms with Crippen molar-refractivity contribution < 1.29 is 5.11 Å². The zero-order valence-electron chi connectivity index (χ0n) is 8.40. The minimum Gasteiger partial charge on any atom is -0.386 e. The molecule has 1 atom stereocenters. The predicted molar refractivity (Wildman–Crippen MR) is 59.4 cm³/mol. The van der Waals surface area contributed by atoms with Crippen molar-refractivity contribution in [1.82, 2.24) is 4.98 Å². The average Bonchev–Trinajstić information content (AvgIpc) is 2.87. The highest BCUT2D eigenvalue weighted by molar-refractivity contribution is 5.83. The fourth-order valence-electron chi connectivity index (χ4n) is 2.05. The van der Waals surface area contributed by atoms with Gasteiger partial charge < -0.3 is 15.8 Å². The van der Waals surface area contributed by atoms with Gasteiger partial charge in [-0.25, -0.2) is 0 Å². The molecule has 78 valence electrons. The third-order valence-electron chi connectivity index (χ3n) is 3.29. The lowest BCUT2D eigenvalue weighted by Crippen LogP contribution is -2.30. The number of hydrogen-bond donors (Lipinski definition) is 3. The van der Waals surface area contributed by atoms with Crippen LogP contribution in [-0.2, 0) is 0 Å². The topological polar surface area (TPSA) is 62.0 Å². The van der Waals surface area contributed by atoms with Crippen LogP contribution in [0.25, 0.3) is 10.9 Å². The quantitative estimate of drug-likeness (QED) is 0.694. The Morgan fingerprint density at radius 3 is 2.80 bits per heavy atom. The van der Waals surface area contributed by atoms with Gasteiger partial charge in [-0.3, -0.25) is 0 Å². The Balaban J connectivity index is 2.11. The molecule has 0 amide bonds. The molecule has 0 aliphatic heterocycles. The van der Waals surface area contributed by atoms with E-state index in [9.17, 15) is 5.11 Å². The van der Waals surface area contributed by atoms with E-state index in [4.69, 9.17) is 5.73 Å². The molecule has 1 fully saturated rings. The molecule has 1 aliphatic rings. The molecule has 0 saturated heterocycles. The molecule has 0 bridgehead atoms. The maximum Gasteiger partial charge on any atom is 0.0989 e. The van der Waals surface area contributed by atoms with E-state index in [1.54, 1.807) is 0 Å². The number of H-pyrrole nitrogens is 1. The number of fused-ring (bicyclic) bond motifs is 1. The van der Waals surface area contributed by atoms with Crippen LogP contribution in [0.2, 0.25) is 0 Å². The number of nitrogens with one attached hydrogen (secondary N) is 1. The van der Waals surface area contributed by atoms with Gasteiger partial charge in [-0.2, -0.15) is 0 Å². The SMILES string of the molecule is NC1(C(O)c2c[nH]c3ccccc23)CC1. The first kappa shape index (κ1) is 8.95. The first-order chi connectivity index (χ1) is 7.21. The molecule has 1 aliphatic carbocycles. The summed E-state index contributed by atoms with van der Waals surface area (Å²) in [5.41, 5.74) is 7.60. The first-order valence-electron chi connectivity index (χ1n) is 5.24. The molecule has 1 saturated carbocycles. The highest BCUT2D eigenvalue weighted by atomic mass is 16.3. The number of aromatic nitrogens is 1. The number of rotatable bonds is 2. The maximum absolute atomic E-state index is 10.2. The van der Waals surface area contributed by atoms with Gasteiger partial charge in [0.05, 0.1) is 6.10 Å². The van der Waals surface area contributed by atoms with Crippen molar-refractivity contribution in [2.45, 2.75) is 24.5 Å². The van der Waals surface area contributed by atoms with Gasteiger partial charge in [0.2, 0.25) is 0 Å². The van der Waals surface area contributed by atoms with Crippen molar-refractivity contribution in [1.29, 1.82) is 0 Å². The Bertz CT molecular complexity index is 499. The molecule has 1 aromatic carbocycles. The number of hydrogen-bond acceptors (Lipinski definition) is 2. The molecule has 1 aromatic heterocycles. The van der Waals surface area contributed by atoms with Gasteiger partial charge in [0.15, 0.2) is 0 Å². The fourth-order valence-corrected chi connectivity index (χ4v) is 2.05. The Morgan fingerprint density at radius 1 is 1.33 bits per heavy atom. The van der Waals surface area contributed by atoms with Gasteiger partial charge in [0.25, 0.3) is 0 Å². The molecule has 2 aromatic rings. The summed E-state index contributed by atoms with van der Waals surface area (Å²) in [7, 11) is 0. The monoisotopic (exact) mass is 202 g/mol. The lowest BCUT2D eigenvalue weighted by molar-refractivity contribution is 0.137. The van der Waals surface area contributed by atoms with E-state index in [1.807, 2.05) is 30.5 Å². The summed E-state index contributed by atoms with van der Waals surface area (Å²) in [5, 5.41) is 11.2. The van der Waals surface area contributed by atoms with Crippen LogP contribution in [0.3, 0.4) is 0 Å². The van der Waals surface area contributed by atoms with Gasteiger partial charge in [-0.1, -0.05) is 18.2 Å². The highest BCUT2D eigenvalue weighted by Gasteiger charge is 2.46. The third kappa shape index (κ3) is 1.28. The minimum absolute atomic E-state index is 0.384. The van der Waals surface area contributed by atoms with E-state index in [0.29, 0.717) is 0 Å². The molecule has 1 heterocycles. The van der Waals surface area contributed by atoms with Crippen LogP contribution >= 0.6 is 0 Å². The van der Waals surface area contributed by atoms with Gasteiger partial charge in [0, 0.05) is 28.2 Å². The smallest absolute Gasteiger partial charge is 0.0989 e. The Morgan fingerprint density at radius 2 is 2.07 bits per heavy atom. The lowest BCUT2D eigenvalue weighted by Gasteiger charge is -2.16. The summed E-state index contributed by atoms with van der Waals surface area (Å²) in [5.74, 6) is 0. The summed E-state index contributed by atoms with van der Waals surface area (Å²) in [6.07, 6.45) is 3.14. The van der Waals surface area contributed by atoms with Gasteiger partial charge in [0.1, 0.15) is 0 Å². The van der Waals surface area contributed by atoms with Crippen LogP contribution < -0.4 is 5.73 Å². The Kier molecular flexibility index (Phi) is 1.69. The van der Waals surface area contributed by atoms with E-state index in [0.717, 1.165) is 29.3 Å². The van der Waals surface area contributed by atoms with E-state index >= 15 is 0 Å². The molecule has 3 heteroatoms. The zero-order valence-corrected chi connectivity index (χ0v) is 8.40. The molecular formula is C12H14N2O. The van der Waals surface area contributed by atoms with Crippen LogP contribution in [0.5, 0.6) is 0 Å². The van der Waals surface area contributed by atoms with Crippen LogP contribution in [0.4, 0.5) is 0 Å². The second kappa shape index (κ2) is 2.84. The summed E-state index contributed by atoms with van der Waals surface area (Å²) >= 11 is 0. The summed E-state index contributed by atoms with van der Waals surface area (Å²) < 4.78 is 0. The lowest BCUT2D eigenvalue weighted by atomic mass is 10.0. The number of benzene rings is 1. The van der Waals surface area contributed by atoms with Gasteiger partial charge in [-0.15, -0.1) is 0 Å². The van der Waals surface area contributed by atoms with E-state index in [-0.39, 0.29) is 5.54 Å². The third-order valence-corrected chi connectivity index (χ3v) is 3.29. The van der Waals surface area contributed by atoms with Gasteiger partial charge in [-0.05, 0) is 18.9 Å². The van der Waals surface area contributed by atoms with E-state index in [1.165, 1.54) is 0 Å². The number of nitrogens with two attached hydrogens (primary N) is 1. The van der Waals surface area contributed by atoms with Crippen molar-refractivity contribution in [3.8, 4) is 0 Å². The van der Waals surface area contributed by atoms with Crippen LogP contribution in [0, 0.1) is 0 Å².